The van der Waals surface area contributed by atoms with E-state index in [9.17, 15) is 18.0 Å². The lowest BCUT2D eigenvalue weighted by Crippen LogP contribution is -2.47. The lowest BCUT2D eigenvalue weighted by molar-refractivity contribution is -0.123. The molecule has 1 unspecified atom stereocenters. The molecule has 168 valence electrons. The van der Waals surface area contributed by atoms with Crippen molar-refractivity contribution in [2.45, 2.75) is 38.6 Å². The monoisotopic (exact) mass is 485 g/mol. The highest BCUT2D eigenvalue weighted by molar-refractivity contribution is 7.88. The Morgan fingerprint density at radius 1 is 1.03 bits per heavy atom. The Kier molecular flexibility index (Phi) is 8.88. The molecule has 0 radical (unpaired) electrons. The molecule has 0 saturated heterocycles. The maximum absolute atomic E-state index is 12.7. The van der Waals surface area contributed by atoms with Crippen LogP contribution in [0, 0.1) is 5.92 Å². The Hall–Kier alpha value is -2.13. The van der Waals surface area contributed by atoms with E-state index in [1.54, 1.807) is 30.3 Å². The van der Waals surface area contributed by atoms with E-state index in [0.717, 1.165) is 5.56 Å². The fraction of sp³-hybridized carbons (Fsp3) is 0.333. The van der Waals surface area contributed by atoms with Crippen molar-refractivity contribution in [2.24, 2.45) is 11.1 Å². The number of hydrogen-bond donors (Lipinski definition) is 3. The zero-order valence-corrected chi connectivity index (χ0v) is 19.5. The fourth-order valence-electron chi connectivity index (χ4n) is 2.91. The summed E-state index contributed by atoms with van der Waals surface area (Å²) in [6.07, 6.45) is 0.441. The third-order valence-electron chi connectivity index (χ3n) is 4.36. The molecule has 31 heavy (non-hydrogen) atoms. The highest BCUT2D eigenvalue weighted by atomic mass is 35.5. The second-order valence-electron chi connectivity index (χ2n) is 7.62. The highest BCUT2D eigenvalue weighted by Gasteiger charge is 2.23. The molecule has 7 nitrogen and oxygen atoms in total. The predicted octanol–water partition coefficient (Wildman–Crippen LogP) is 3.24. The summed E-state index contributed by atoms with van der Waals surface area (Å²) in [6.45, 7) is 4.12. The van der Waals surface area contributed by atoms with E-state index in [2.05, 4.69) is 10.6 Å². The van der Waals surface area contributed by atoms with Crippen LogP contribution < -0.4 is 15.8 Å². The summed E-state index contributed by atoms with van der Waals surface area (Å²) in [4.78, 5) is 25.4. The van der Waals surface area contributed by atoms with Crippen molar-refractivity contribution >= 4 is 45.0 Å². The molecule has 2 rings (SSSR count). The number of primary sulfonamides is 1. The first-order valence-electron chi connectivity index (χ1n) is 9.56. The van der Waals surface area contributed by atoms with E-state index in [0.29, 0.717) is 17.0 Å². The molecule has 2 amide bonds. The van der Waals surface area contributed by atoms with Crippen LogP contribution in [0.3, 0.4) is 0 Å². The molecule has 0 aliphatic heterocycles. The molecule has 0 heterocycles. The standard InChI is InChI=1S/C21H25Cl2N3O4S/c1-13(2)9-19(26-20(27)17-8-7-16(22)10-18(17)23)21(28)25-11-14-3-5-15(6-4-14)12-31(24,29)30/h3-8,10,13,19H,9,11-12H2,1-2H3,(H,25,28)(H,26,27)(H2,24,29,30). The number of rotatable bonds is 9. The van der Waals surface area contributed by atoms with E-state index in [4.69, 9.17) is 28.3 Å². The van der Waals surface area contributed by atoms with Crippen molar-refractivity contribution in [3.05, 3.63) is 69.2 Å². The largest absolute Gasteiger partial charge is 0.350 e. The van der Waals surface area contributed by atoms with Gasteiger partial charge in [-0.05, 0) is 41.7 Å². The van der Waals surface area contributed by atoms with Gasteiger partial charge in [0.15, 0.2) is 0 Å². The summed E-state index contributed by atoms with van der Waals surface area (Å²) < 4.78 is 22.3. The van der Waals surface area contributed by atoms with Gasteiger partial charge in [-0.15, -0.1) is 0 Å². The molecule has 4 N–H and O–H groups in total. The molecule has 0 saturated carbocycles. The summed E-state index contributed by atoms with van der Waals surface area (Å²) in [5.74, 6) is -0.889. The van der Waals surface area contributed by atoms with Crippen molar-refractivity contribution < 1.29 is 18.0 Å². The zero-order valence-electron chi connectivity index (χ0n) is 17.2. The molecule has 0 aliphatic rings. The van der Waals surface area contributed by atoms with Gasteiger partial charge >= 0.3 is 0 Å². The number of benzene rings is 2. The quantitative estimate of drug-likeness (QED) is 0.504. The van der Waals surface area contributed by atoms with Gasteiger partial charge in [-0.3, -0.25) is 9.59 Å². The van der Waals surface area contributed by atoms with Gasteiger partial charge < -0.3 is 10.6 Å². The molecule has 0 fully saturated rings. The normalized spacial score (nSPS) is 12.5. The molecule has 0 aliphatic carbocycles. The van der Waals surface area contributed by atoms with Crippen LogP contribution in [0.15, 0.2) is 42.5 Å². The molecule has 10 heteroatoms. The van der Waals surface area contributed by atoms with E-state index < -0.39 is 22.0 Å². The van der Waals surface area contributed by atoms with Crippen molar-refractivity contribution in [3.8, 4) is 0 Å². The van der Waals surface area contributed by atoms with Crippen LogP contribution in [0.2, 0.25) is 10.0 Å². The average molecular weight is 486 g/mol. The Labute approximate surface area is 192 Å². The molecular weight excluding hydrogens is 461 g/mol. The third-order valence-corrected chi connectivity index (χ3v) is 5.65. The van der Waals surface area contributed by atoms with Gasteiger partial charge in [0.05, 0.1) is 16.3 Å². The van der Waals surface area contributed by atoms with Crippen LogP contribution in [0.25, 0.3) is 0 Å². The first-order chi connectivity index (χ1) is 14.4. The van der Waals surface area contributed by atoms with E-state index in [-0.39, 0.29) is 34.7 Å². The maximum atomic E-state index is 12.7. The Balaban J connectivity index is 2.03. The van der Waals surface area contributed by atoms with Gasteiger partial charge in [-0.1, -0.05) is 61.3 Å². The van der Waals surface area contributed by atoms with Crippen molar-refractivity contribution in [2.75, 3.05) is 0 Å². The number of hydrogen-bond acceptors (Lipinski definition) is 4. The van der Waals surface area contributed by atoms with E-state index in [1.807, 2.05) is 13.8 Å². The predicted molar refractivity (Wildman–Crippen MR) is 122 cm³/mol. The highest BCUT2D eigenvalue weighted by Crippen LogP contribution is 2.21. The Bertz CT molecular complexity index is 1040. The number of amides is 2. The first-order valence-corrected chi connectivity index (χ1v) is 12.0. The smallest absolute Gasteiger partial charge is 0.253 e. The minimum absolute atomic E-state index is 0.161. The minimum Gasteiger partial charge on any atom is -0.350 e. The maximum Gasteiger partial charge on any atom is 0.253 e. The number of halogens is 2. The molecule has 2 aromatic carbocycles. The van der Waals surface area contributed by atoms with Crippen LogP contribution >= 0.6 is 23.2 Å². The number of sulfonamides is 1. The first kappa shape index (κ1) is 25.1. The van der Waals surface area contributed by atoms with Crippen molar-refractivity contribution in [1.29, 1.82) is 0 Å². The van der Waals surface area contributed by atoms with Crippen LogP contribution in [0.1, 0.15) is 41.8 Å². The van der Waals surface area contributed by atoms with Gasteiger partial charge in [-0.25, -0.2) is 13.6 Å². The molecule has 0 aromatic heterocycles. The van der Waals surface area contributed by atoms with Crippen LogP contribution in [-0.4, -0.2) is 26.3 Å². The van der Waals surface area contributed by atoms with Crippen molar-refractivity contribution in [1.82, 2.24) is 10.6 Å². The number of nitrogens with one attached hydrogen (secondary N) is 2. The van der Waals surface area contributed by atoms with Gasteiger partial charge in [-0.2, -0.15) is 0 Å². The van der Waals surface area contributed by atoms with Gasteiger partial charge in [0, 0.05) is 11.6 Å². The number of carbonyl (C=O) groups excluding carboxylic acids is 2. The van der Waals surface area contributed by atoms with Gasteiger partial charge in [0.25, 0.3) is 5.91 Å². The SMILES string of the molecule is CC(C)CC(NC(=O)c1ccc(Cl)cc1Cl)C(=O)NCc1ccc(CS(N)(=O)=O)cc1. The topological polar surface area (TPSA) is 118 Å². The van der Waals surface area contributed by atoms with Crippen LogP contribution in [0.4, 0.5) is 0 Å². The number of nitrogens with two attached hydrogens (primary N) is 1. The molecule has 0 spiro atoms. The lowest BCUT2D eigenvalue weighted by Gasteiger charge is -2.20. The summed E-state index contributed by atoms with van der Waals surface area (Å²) in [5.41, 5.74) is 1.57. The summed E-state index contributed by atoms with van der Waals surface area (Å²) >= 11 is 12.0. The Morgan fingerprint density at radius 2 is 1.65 bits per heavy atom. The molecule has 1 atom stereocenters. The third kappa shape index (κ3) is 8.49. The fourth-order valence-corrected chi connectivity index (χ4v) is 4.06. The van der Waals surface area contributed by atoms with Crippen LogP contribution in [0.5, 0.6) is 0 Å². The minimum atomic E-state index is -3.61. The summed E-state index contributed by atoms with van der Waals surface area (Å²) in [5, 5.41) is 11.2. The second-order valence-corrected chi connectivity index (χ2v) is 10.1. The molecule has 0 bridgehead atoms. The number of carbonyl (C=O) groups is 2. The Morgan fingerprint density at radius 3 is 2.19 bits per heavy atom. The van der Waals surface area contributed by atoms with Crippen molar-refractivity contribution in [3.63, 3.8) is 0 Å². The van der Waals surface area contributed by atoms with Crippen LogP contribution in [-0.2, 0) is 27.1 Å². The van der Waals surface area contributed by atoms with Gasteiger partial charge in [0.2, 0.25) is 15.9 Å². The molecule has 2 aromatic rings. The van der Waals surface area contributed by atoms with E-state index in [1.165, 1.54) is 12.1 Å². The summed E-state index contributed by atoms with van der Waals surface area (Å²) in [6, 6.07) is 10.5. The lowest BCUT2D eigenvalue weighted by atomic mass is 10.0. The zero-order chi connectivity index (χ0) is 23.2. The van der Waals surface area contributed by atoms with E-state index >= 15 is 0 Å². The average Bonchev–Trinajstić information content (AvgIpc) is 2.65. The van der Waals surface area contributed by atoms with Gasteiger partial charge in [0.1, 0.15) is 6.04 Å². The molecular formula is C21H25Cl2N3O4S. The second kappa shape index (κ2) is 10.9. The summed E-state index contributed by atoms with van der Waals surface area (Å²) in [7, 11) is -3.61.